The van der Waals surface area contributed by atoms with E-state index < -0.39 is 17.6 Å². The third-order valence-electron chi connectivity index (χ3n) is 7.12. The fraction of sp³-hybridized carbons (Fsp3) is 0.500. The van der Waals surface area contributed by atoms with Crippen LogP contribution < -0.4 is 4.74 Å². The highest BCUT2D eigenvalue weighted by Crippen LogP contribution is 2.42. The number of hydrogen-bond acceptors (Lipinski definition) is 6. The first-order chi connectivity index (χ1) is 16.9. The minimum Gasteiger partial charge on any atom is -0.497 e. The van der Waals surface area contributed by atoms with Gasteiger partial charge in [-0.2, -0.15) is 0 Å². The number of nitrogens with zero attached hydrogens (tertiary/aromatic N) is 3. The number of unbranched alkanes of at least 4 members (excludes halogenated alkanes) is 1. The van der Waals surface area contributed by atoms with Gasteiger partial charge in [0.25, 0.3) is 0 Å². The Bertz CT molecular complexity index is 1140. The largest absolute Gasteiger partial charge is 0.497 e. The number of aryl methyl sites for hydroxylation is 1. The fourth-order valence-corrected chi connectivity index (χ4v) is 5.86. The second-order valence-corrected chi connectivity index (χ2v) is 10.6. The van der Waals surface area contributed by atoms with E-state index in [0.717, 1.165) is 43.9 Å². The summed E-state index contributed by atoms with van der Waals surface area (Å²) < 4.78 is 20.9. The average Bonchev–Trinajstić information content (AvgIpc) is 3.39. The van der Waals surface area contributed by atoms with Crippen LogP contribution in [0.1, 0.15) is 55.3 Å². The van der Waals surface area contributed by atoms with Crippen molar-refractivity contribution in [2.45, 2.75) is 51.1 Å². The van der Waals surface area contributed by atoms with Crippen LogP contribution >= 0.6 is 22.9 Å². The molecule has 188 valence electrons. The number of aromatic nitrogens is 2. The first-order valence-electron chi connectivity index (χ1n) is 12.0. The lowest BCUT2D eigenvalue weighted by molar-refractivity contribution is -0.153. The zero-order valence-electron chi connectivity index (χ0n) is 19.9. The molecule has 0 bridgehead atoms. The number of carbonyl (C=O) groups is 1. The predicted octanol–water partition coefficient (Wildman–Crippen LogP) is 6.33. The van der Waals surface area contributed by atoms with Gasteiger partial charge in [-0.15, -0.1) is 11.3 Å². The van der Waals surface area contributed by atoms with E-state index in [1.807, 2.05) is 11.6 Å². The molecular weight excluding hydrogens is 489 g/mol. The lowest BCUT2D eigenvalue weighted by Gasteiger charge is -2.39. The number of aliphatic carboxylic acids is 1. The quantitative estimate of drug-likeness (QED) is 0.298. The number of fused-ring (bicyclic) bond motifs is 1. The summed E-state index contributed by atoms with van der Waals surface area (Å²) in [6, 6.07) is 5.27. The van der Waals surface area contributed by atoms with Crippen LogP contribution in [0.2, 0.25) is 5.02 Å². The van der Waals surface area contributed by atoms with Crippen LogP contribution in [0.3, 0.4) is 0 Å². The van der Waals surface area contributed by atoms with E-state index in [1.54, 1.807) is 36.6 Å². The van der Waals surface area contributed by atoms with Crippen LogP contribution in [0.25, 0.3) is 10.9 Å². The van der Waals surface area contributed by atoms with Crippen LogP contribution in [-0.2, 0) is 11.2 Å². The third-order valence-corrected chi connectivity index (χ3v) is 8.26. The first kappa shape index (κ1) is 25.8. The van der Waals surface area contributed by atoms with E-state index in [9.17, 15) is 9.90 Å². The number of pyridine rings is 1. The average molecular weight is 520 g/mol. The molecular formula is C26H31ClFN3O3S. The smallest absolute Gasteiger partial charge is 0.309 e. The van der Waals surface area contributed by atoms with Crippen LogP contribution in [0, 0.1) is 5.41 Å². The van der Waals surface area contributed by atoms with Gasteiger partial charge < -0.3 is 14.7 Å². The molecule has 9 heteroatoms. The number of benzene rings is 1. The molecule has 35 heavy (non-hydrogen) atoms. The second-order valence-electron chi connectivity index (χ2n) is 9.22. The molecule has 0 saturated carbocycles. The maximum absolute atomic E-state index is 15.6. The lowest BCUT2D eigenvalue weighted by atomic mass is 9.74. The summed E-state index contributed by atoms with van der Waals surface area (Å²) in [4.78, 5) is 23.2. The summed E-state index contributed by atoms with van der Waals surface area (Å²) in [5, 5.41) is 14.1. The SMILES string of the molecule is COc1ccc2ncc(Cl)c(C(F)CCC3(C(=O)O)CCN(CCCCc4nccs4)CC3)c2c1. The van der Waals surface area contributed by atoms with Crippen LogP contribution in [0.5, 0.6) is 5.75 Å². The second kappa shape index (κ2) is 11.6. The van der Waals surface area contributed by atoms with E-state index >= 15 is 4.39 Å². The molecule has 6 nitrogen and oxygen atoms in total. The zero-order chi connectivity index (χ0) is 24.8. The number of likely N-dealkylation sites (tertiary alicyclic amines) is 1. The van der Waals surface area contributed by atoms with Gasteiger partial charge in [0, 0.05) is 28.7 Å². The van der Waals surface area contributed by atoms with Gasteiger partial charge in [-0.25, -0.2) is 9.37 Å². The number of hydrogen-bond donors (Lipinski definition) is 1. The van der Waals surface area contributed by atoms with Gasteiger partial charge in [0.2, 0.25) is 0 Å². The molecule has 1 aromatic carbocycles. The predicted molar refractivity (Wildman–Crippen MR) is 137 cm³/mol. The summed E-state index contributed by atoms with van der Waals surface area (Å²) >= 11 is 8.04. The number of rotatable bonds is 11. The molecule has 0 spiro atoms. The lowest BCUT2D eigenvalue weighted by Crippen LogP contribution is -2.44. The van der Waals surface area contributed by atoms with Crippen molar-refractivity contribution in [2.75, 3.05) is 26.7 Å². The number of piperidine rings is 1. The molecule has 0 radical (unpaired) electrons. The molecule has 0 amide bonds. The molecule has 1 aliphatic rings. The highest BCUT2D eigenvalue weighted by atomic mass is 35.5. The Morgan fingerprint density at radius 2 is 2.11 bits per heavy atom. The Kier molecular flexibility index (Phi) is 8.57. The van der Waals surface area contributed by atoms with Gasteiger partial charge in [0.15, 0.2) is 0 Å². The number of halogens is 2. The molecule has 1 fully saturated rings. The van der Waals surface area contributed by atoms with Gasteiger partial charge in [-0.3, -0.25) is 9.78 Å². The van der Waals surface area contributed by atoms with Crippen molar-refractivity contribution in [3.05, 3.63) is 51.6 Å². The topological polar surface area (TPSA) is 75.6 Å². The van der Waals surface area contributed by atoms with Gasteiger partial charge >= 0.3 is 5.97 Å². The minimum absolute atomic E-state index is 0.0934. The first-order valence-corrected chi connectivity index (χ1v) is 13.3. The molecule has 3 heterocycles. The summed E-state index contributed by atoms with van der Waals surface area (Å²) in [7, 11) is 1.55. The maximum atomic E-state index is 15.6. The summed E-state index contributed by atoms with van der Waals surface area (Å²) in [6.07, 6.45) is 6.44. The van der Waals surface area contributed by atoms with E-state index in [1.165, 1.54) is 6.20 Å². The molecule has 1 unspecified atom stereocenters. The molecule has 4 rings (SSSR count). The molecule has 1 atom stereocenters. The minimum atomic E-state index is -1.39. The van der Waals surface area contributed by atoms with Gasteiger partial charge in [-0.1, -0.05) is 11.6 Å². The Balaban J connectivity index is 1.35. The third kappa shape index (κ3) is 6.11. The summed E-state index contributed by atoms with van der Waals surface area (Å²) in [5.74, 6) is -0.239. The number of alkyl halides is 1. The normalized spacial score (nSPS) is 16.9. The number of carboxylic acid groups (broad SMARTS) is 1. The number of thiazole rings is 1. The molecule has 2 aromatic heterocycles. The highest BCUT2D eigenvalue weighted by Gasteiger charge is 2.41. The van der Waals surface area contributed by atoms with Crippen LogP contribution in [-0.4, -0.2) is 52.7 Å². The maximum Gasteiger partial charge on any atom is 0.309 e. The summed E-state index contributed by atoms with van der Waals surface area (Å²) in [6.45, 7) is 2.39. The zero-order valence-corrected chi connectivity index (χ0v) is 21.5. The van der Waals surface area contributed by atoms with E-state index in [-0.39, 0.29) is 17.9 Å². The Hall–Kier alpha value is -2.29. The number of methoxy groups -OCH3 is 1. The molecule has 1 N–H and O–H groups in total. The summed E-state index contributed by atoms with van der Waals surface area (Å²) in [5.41, 5.74) is 0.0760. The van der Waals surface area contributed by atoms with Crippen LogP contribution in [0.15, 0.2) is 36.0 Å². The molecule has 3 aromatic rings. The van der Waals surface area contributed by atoms with Crippen molar-refractivity contribution in [2.24, 2.45) is 5.41 Å². The molecule has 1 saturated heterocycles. The van der Waals surface area contributed by atoms with Crippen molar-refractivity contribution in [3.63, 3.8) is 0 Å². The molecule has 1 aliphatic heterocycles. The standard InChI is InChI=1S/C26H31ClFN3O3S/c1-34-18-5-6-22-19(16-18)24(20(27)17-30-22)21(28)7-8-26(25(32)33)9-13-31(14-10-26)12-3-2-4-23-29-11-15-35-23/h5-6,11,15-17,21H,2-4,7-10,12-14H2,1H3,(H,32,33). The Labute approximate surface area is 214 Å². The van der Waals surface area contributed by atoms with E-state index in [2.05, 4.69) is 14.9 Å². The van der Waals surface area contributed by atoms with Gasteiger partial charge in [0.05, 0.1) is 28.1 Å². The van der Waals surface area contributed by atoms with Gasteiger partial charge in [0.1, 0.15) is 11.9 Å². The number of ether oxygens (including phenoxy) is 1. The van der Waals surface area contributed by atoms with Crippen molar-refractivity contribution in [1.82, 2.24) is 14.9 Å². The fourth-order valence-electron chi connectivity index (χ4n) is 4.92. The van der Waals surface area contributed by atoms with Crippen molar-refractivity contribution < 1.29 is 19.0 Å². The highest BCUT2D eigenvalue weighted by molar-refractivity contribution is 7.09. The van der Waals surface area contributed by atoms with E-state index in [0.29, 0.717) is 35.1 Å². The van der Waals surface area contributed by atoms with Crippen molar-refractivity contribution in [3.8, 4) is 5.75 Å². The Morgan fingerprint density at radius 3 is 2.80 bits per heavy atom. The molecule has 0 aliphatic carbocycles. The van der Waals surface area contributed by atoms with Crippen molar-refractivity contribution >= 4 is 39.8 Å². The Morgan fingerprint density at radius 1 is 1.31 bits per heavy atom. The van der Waals surface area contributed by atoms with Gasteiger partial charge in [-0.05, 0) is 82.8 Å². The van der Waals surface area contributed by atoms with Crippen molar-refractivity contribution in [1.29, 1.82) is 0 Å². The monoisotopic (exact) mass is 519 g/mol. The van der Waals surface area contributed by atoms with E-state index in [4.69, 9.17) is 16.3 Å². The number of carboxylic acids is 1. The van der Waals surface area contributed by atoms with Crippen LogP contribution in [0.4, 0.5) is 4.39 Å².